The van der Waals surface area contributed by atoms with Crippen molar-refractivity contribution < 1.29 is 4.74 Å². The number of allylic oxidation sites excluding steroid dienone is 1. The van der Waals surface area contributed by atoms with Crippen LogP contribution in [-0.4, -0.2) is 6.10 Å². The molecule has 1 radical (unpaired) electrons. The molecule has 1 aromatic rings. The molecule has 2 rings (SSSR count). The van der Waals surface area contributed by atoms with Crippen molar-refractivity contribution in [1.82, 2.24) is 0 Å². The molecule has 0 amide bonds. The number of rotatable bonds is 3. The average molecular weight is 173 g/mol. The molecular weight excluding hydrogens is 160 g/mol. The van der Waals surface area contributed by atoms with Gasteiger partial charge in [0, 0.05) is 0 Å². The van der Waals surface area contributed by atoms with Crippen molar-refractivity contribution >= 4 is 0 Å². The molecule has 1 atom stereocenters. The Labute approximate surface area is 79.0 Å². The van der Waals surface area contributed by atoms with Crippen molar-refractivity contribution in [3.8, 4) is 0 Å². The van der Waals surface area contributed by atoms with E-state index in [0.717, 1.165) is 6.42 Å². The van der Waals surface area contributed by atoms with Gasteiger partial charge in [0.05, 0.1) is 12.7 Å². The van der Waals surface area contributed by atoms with E-state index in [0.29, 0.717) is 12.7 Å². The van der Waals surface area contributed by atoms with E-state index < -0.39 is 0 Å². The zero-order valence-corrected chi connectivity index (χ0v) is 7.52. The van der Waals surface area contributed by atoms with Crippen molar-refractivity contribution in [2.75, 3.05) is 0 Å². The Bertz CT molecular complexity index is 276. The van der Waals surface area contributed by atoms with Gasteiger partial charge in [0.2, 0.25) is 0 Å². The van der Waals surface area contributed by atoms with Crippen molar-refractivity contribution in [2.45, 2.75) is 19.1 Å². The van der Waals surface area contributed by atoms with Gasteiger partial charge in [-0.25, -0.2) is 0 Å². The molecule has 0 heterocycles. The lowest BCUT2D eigenvalue weighted by molar-refractivity contribution is 0.0758. The fourth-order valence-corrected chi connectivity index (χ4v) is 1.39. The largest absolute Gasteiger partial charge is 0.369 e. The van der Waals surface area contributed by atoms with E-state index in [4.69, 9.17) is 4.74 Å². The van der Waals surface area contributed by atoms with Crippen LogP contribution >= 0.6 is 0 Å². The summed E-state index contributed by atoms with van der Waals surface area (Å²) in [6.45, 7) is 0.712. The van der Waals surface area contributed by atoms with Crippen LogP contribution in [0.5, 0.6) is 0 Å². The molecule has 0 aliphatic heterocycles. The first-order valence-corrected chi connectivity index (χ1v) is 4.61. The minimum Gasteiger partial charge on any atom is -0.369 e. The van der Waals surface area contributed by atoms with Crippen LogP contribution in [0.25, 0.3) is 0 Å². The van der Waals surface area contributed by atoms with Crippen LogP contribution in [0.2, 0.25) is 0 Å². The Morgan fingerprint density at radius 2 is 2.08 bits per heavy atom. The van der Waals surface area contributed by atoms with Crippen LogP contribution in [-0.2, 0) is 11.3 Å². The molecular formula is C12H13O. The summed E-state index contributed by atoms with van der Waals surface area (Å²) < 4.78 is 5.67. The van der Waals surface area contributed by atoms with Gasteiger partial charge in [-0.2, -0.15) is 0 Å². The van der Waals surface area contributed by atoms with E-state index in [9.17, 15) is 0 Å². The van der Waals surface area contributed by atoms with Crippen LogP contribution in [0.4, 0.5) is 0 Å². The lowest BCUT2D eigenvalue weighted by Crippen LogP contribution is -2.05. The van der Waals surface area contributed by atoms with E-state index in [1.165, 1.54) is 5.56 Å². The maximum atomic E-state index is 5.67. The highest BCUT2D eigenvalue weighted by Gasteiger charge is 2.08. The molecule has 1 unspecified atom stereocenters. The summed E-state index contributed by atoms with van der Waals surface area (Å²) in [5, 5.41) is 0. The second kappa shape index (κ2) is 4.24. The van der Waals surface area contributed by atoms with Crippen LogP contribution in [0.3, 0.4) is 0 Å². The number of hydrogen-bond donors (Lipinski definition) is 0. The summed E-state index contributed by atoms with van der Waals surface area (Å²) in [7, 11) is 0. The monoisotopic (exact) mass is 173 g/mol. The molecule has 0 saturated heterocycles. The van der Waals surface area contributed by atoms with Crippen LogP contribution < -0.4 is 0 Å². The predicted molar refractivity (Wildman–Crippen MR) is 53.1 cm³/mol. The molecule has 0 bridgehead atoms. The molecule has 0 aromatic heterocycles. The van der Waals surface area contributed by atoms with Gasteiger partial charge in [-0.3, -0.25) is 0 Å². The van der Waals surface area contributed by atoms with Gasteiger partial charge in [0.15, 0.2) is 0 Å². The SMILES string of the molecule is [CH]1C=CC(OCc2ccccc2)C1. The second-order valence-corrected chi connectivity index (χ2v) is 3.19. The maximum absolute atomic E-state index is 5.67. The molecule has 0 spiro atoms. The smallest absolute Gasteiger partial charge is 0.0766 e. The predicted octanol–water partition coefficient (Wildman–Crippen LogP) is 2.74. The standard InChI is InChI=1S/C12H13O/c1-2-6-11(7-3-1)10-13-12-8-4-5-9-12/h1-8,12H,9-10H2. The van der Waals surface area contributed by atoms with Crippen LogP contribution in [0.1, 0.15) is 12.0 Å². The molecule has 1 aliphatic carbocycles. The Balaban J connectivity index is 1.82. The van der Waals surface area contributed by atoms with Gasteiger partial charge < -0.3 is 4.74 Å². The summed E-state index contributed by atoms with van der Waals surface area (Å²) in [6.07, 6.45) is 7.61. The highest BCUT2D eigenvalue weighted by molar-refractivity contribution is 5.14. The number of ether oxygens (including phenoxy) is 1. The third kappa shape index (κ3) is 2.43. The highest BCUT2D eigenvalue weighted by Crippen LogP contribution is 2.13. The topological polar surface area (TPSA) is 9.23 Å². The Morgan fingerprint density at radius 1 is 1.23 bits per heavy atom. The van der Waals surface area contributed by atoms with Gasteiger partial charge in [-0.1, -0.05) is 42.5 Å². The molecule has 1 aliphatic rings. The van der Waals surface area contributed by atoms with Gasteiger partial charge >= 0.3 is 0 Å². The van der Waals surface area contributed by atoms with E-state index in [1.807, 2.05) is 18.2 Å². The van der Waals surface area contributed by atoms with Crippen molar-refractivity contribution in [3.05, 3.63) is 54.5 Å². The minimum absolute atomic E-state index is 0.292. The van der Waals surface area contributed by atoms with Crippen molar-refractivity contribution in [2.24, 2.45) is 0 Å². The Hall–Kier alpha value is -1.08. The van der Waals surface area contributed by atoms with E-state index >= 15 is 0 Å². The zero-order valence-electron chi connectivity index (χ0n) is 7.52. The maximum Gasteiger partial charge on any atom is 0.0766 e. The molecule has 0 fully saturated rings. The second-order valence-electron chi connectivity index (χ2n) is 3.19. The fourth-order valence-electron chi connectivity index (χ4n) is 1.39. The Kier molecular flexibility index (Phi) is 2.78. The van der Waals surface area contributed by atoms with Crippen molar-refractivity contribution in [1.29, 1.82) is 0 Å². The first-order chi connectivity index (χ1) is 6.45. The molecule has 1 nitrogen and oxygen atoms in total. The third-order valence-electron chi connectivity index (χ3n) is 2.14. The fraction of sp³-hybridized carbons (Fsp3) is 0.250. The molecule has 0 saturated carbocycles. The summed E-state index contributed by atoms with van der Waals surface area (Å²) in [5.74, 6) is 0. The number of hydrogen-bond acceptors (Lipinski definition) is 1. The first kappa shape index (κ1) is 8.52. The molecule has 0 N–H and O–H groups in total. The van der Waals surface area contributed by atoms with Gasteiger partial charge in [-0.05, 0) is 18.4 Å². The van der Waals surface area contributed by atoms with Crippen molar-refractivity contribution in [3.63, 3.8) is 0 Å². The molecule has 67 valence electrons. The normalized spacial score (nSPS) is 20.8. The number of benzene rings is 1. The zero-order chi connectivity index (χ0) is 8.93. The third-order valence-corrected chi connectivity index (χ3v) is 2.14. The molecule has 1 aromatic carbocycles. The highest BCUT2D eigenvalue weighted by atomic mass is 16.5. The van der Waals surface area contributed by atoms with Gasteiger partial charge in [0.1, 0.15) is 0 Å². The van der Waals surface area contributed by atoms with Gasteiger partial charge in [0.25, 0.3) is 0 Å². The summed E-state index contributed by atoms with van der Waals surface area (Å²) in [4.78, 5) is 0. The average Bonchev–Trinajstić information content (AvgIpc) is 2.69. The van der Waals surface area contributed by atoms with Crippen LogP contribution in [0.15, 0.2) is 42.5 Å². The lowest BCUT2D eigenvalue weighted by Gasteiger charge is -2.09. The first-order valence-electron chi connectivity index (χ1n) is 4.61. The molecule has 1 heteroatoms. The van der Waals surface area contributed by atoms with Crippen LogP contribution in [0, 0.1) is 6.42 Å². The quantitative estimate of drug-likeness (QED) is 0.683. The molecule has 13 heavy (non-hydrogen) atoms. The minimum atomic E-state index is 0.292. The summed E-state index contributed by atoms with van der Waals surface area (Å²) >= 11 is 0. The summed E-state index contributed by atoms with van der Waals surface area (Å²) in [6, 6.07) is 10.3. The van der Waals surface area contributed by atoms with Gasteiger partial charge in [-0.15, -0.1) is 0 Å². The van der Waals surface area contributed by atoms with E-state index in [-0.39, 0.29) is 0 Å². The Morgan fingerprint density at radius 3 is 2.77 bits per heavy atom. The van der Waals surface area contributed by atoms with E-state index in [1.54, 1.807) is 0 Å². The van der Waals surface area contributed by atoms with E-state index in [2.05, 4.69) is 30.7 Å². The lowest BCUT2D eigenvalue weighted by atomic mass is 10.2. The summed E-state index contributed by atoms with van der Waals surface area (Å²) in [5.41, 5.74) is 1.24.